The second-order valence-corrected chi connectivity index (χ2v) is 7.53. The molecule has 1 aromatic carbocycles. The zero-order valence-corrected chi connectivity index (χ0v) is 12.8. The third-order valence-corrected chi connectivity index (χ3v) is 4.99. The summed E-state index contributed by atoms with van der Waals surface area (Å²) in [4.78, 5) is 12.6. The van der Waals surface area contributed by atoms with Crippen molar-refractivity contribution in [2.45, 2.75) is 24.3 Å². The van der Waals surface area contributed by atoms with Crippen LogP contribution in [0.5, 0.6) is 0 Å². The van der Waals surface area contributed by atoms with E-state index >= 15 is 0 Å². The lowest BCUT2D eigenvalue weighted by molar-refractivity contribution is -0.384. The maximum atomic E-state index is 11.6. The Bertz CT molecular complexity index is 659. The number of benzene rings is 1. The fourth-order valence-corrected chi connectivity index (χ4v) is 3.41. The van der Waals surface area contributed by atoms with Crippen LogP contribution in [0.2, 0.25) is 0 Å². The molecule has 2 N–H and O–H groups in total. The first-order valence-electron chi connectivity index (χ1n) is 6.69. The molecule has 0 spiro atoms. The maximum absolute atomic E-state index is 11.6. The van der Waals surface area contributed by atoms with Crippen LogP contribution in [0.15, 0.2) is 23.1 Å². The fourth-order valence-electron chi connectivity index (χ4n) is 2.77. The van der Waals surface area contributed by atoms with Gasteiger partial charge in [0, 0.05) is 24.9 Å². The summed E-state index contributed by atoms with van der Waals surface area (Å²) >= 11 is 0. The molecule has 0 amide bonds. The Kier molecular flexibility index (Phi) is 4.20. The van der Waals surface area contributed by atoms with Gasteiger partial charge in [-0.25, -0.2) is 8.42 Å². The molecule has 1 saturated heterocycles. The molecule has 1 aliphatic rings. The Morgan fingerprint density at radius 3 is 2.62 bits per heavy atom. The van der Waals surface area contributed by atoms with Crippen LogP contribution in [0.3, 0.4) is 0 Å². The van der Waals surface area contributed by atoms with Crippen molar-refractivity contribution in [1.29, 1.82) is 0 Å². The van der Waals surface area contributed by atoms with Crippen LogP contribution in [0, 0.1) is 16.0 Å². The summed E-state index contributed by atoms with van der Waals surface area (Å²) in [6, 6.07) is 4.21. The van der Waals surface area contributed by atoms with E-state index in [1.165, 1.54) is 12.1 Å². The van der Waals surface area contributed by atoms with Gasteiger partial charge < -0.3 is 10.6 Å². The molecular formula is C13H19N3O4S. The number of nitrogens with zero attached hydrogens (tertiary/aromatic N) is 2. The SMILES string of the molecule is CC1CC(CN)CN1c1ccc(S(C)(=O)=O)cc1[N+](=O)[O-]. The molecule has 0 saturated carbocycles. The van der Waals surface area contributed by atoms with Crippen LogP contribution in [0.25, 0.3) is 0 Å². The van der Waals surface area contributed by atoms with E-state index < -0.39 is 14.8 Å². The van der Waals surface area contributed by atoms with Gasteiger partial charge in [-0.15, -0.1) is 0 Å². The summed E-state index contributed by atoms with van der Waals surface area (Å²) in [5.74, 6) is 0.300. The second kappa shape index (κ2) is 5.61. The highest BCUT2D eigenvalue weighted by atomic mass is 32.2. The number of hydrogen-bond donors (Lipinski definition) is 1. The molecule has 0 bridgehead atoms. The van der Waals surface area contributed by atoms with E-state index in [4.69, 9.17) is 5.73 Å². The monoisotopic (exact) mass is 313 g/mol. The van der Waals surface area contributed by atoms with Crippen molar-refractivity contribution in [3.05, 3.63) is 28.3 Å². The van der Waals surface area contributed by atoms with Crippen molar-refractivity contribution in [3.63, 3.8) is 0 Å². The number of rotatable bonds is 4. The Morgan fingerprint density at radius 2 is 2.14 bits per heavy atom. The Morgan fingerprint density at radius 1 is 1.48 bits per heavy atom. The van der Waals surface area contributed by atoms with Crippen molar-refractivity contribution < 1.29 is 13.3 Å². The highest BCUT2D eigenvalue weighted by Gasteiger charge is 2.32. The third-order valence-electron chi connectivity index (χ3n) is 3.88. The summed E-state index contributed by atoms with van der Waals surface area (Å²) in [6.45, 7) is 3.18. The summed E-state index contributed by atoms with van der Waals surface area (Å²) in [6.07, 6.45) is 1.91. The number of nitro benzene ring substituents is 1. The summed E-state index contributed by atoms with van der Waals surface area (Å²) in [5, 5.41) is 11.3. The average molecular weight is 313 g/mol. The number of hydrogen-bond acceptors (Lipinski definition) is 6. The third kappa shape index (κ3) is 3.16. The lowest BCUT2D eigenvalue weighted by Gasteiger charge is -2.23. The first-order chi connectivity index (χ1) is 9.74. The Balaban J connectivity index is 2.47. The lowest BCUT2D eigenvalue weighted by atomic mass is 10.1. The molecule has 0 aliphatic carbocycles. The second-order valence-electron chi connectivity index (χ2n) is 5.52. The smallest absolute Gasteiger partial charge is 0.293 e. The summed E-state index contributed by atoms with van der Waals surface area (Å²) < 4.78 is 23.1. The van der Waals surface area contributed by atoms with Crippen LogP contribution >= 0.6 is 0 Å². The topological polar surface area (TPSA) is 107 Å². The Hall–Kier alpha value is -1.67. The molecule has 0 radical (unpaired) electrons. The quantitative estimate of drug-likeness (QED) is 0.660. The van der Waals surface area contributed by atoms with Crippen molar-refractivity contribution in [1.82, 2.24) is 0 Å². The van der Waals surface area contributed by atoms with Crippen LogP contribution in [-0.4, -0.2) is 38.7 Å². The van der Waals surface area contributed by atoms with Gasteiger partial charge in [0.1, 0.15) is 5.69 Å². The van der Waals surface area contributed by atoms with Crippen LogP contribution in [-0.2, 0) is 9.84 Å². The molecule has 1 fully saturated rings. The largest absolute Gasteiger partial charge is 0.363 e. The van der Waals surface area contributed by atoms with E-state index in [0.29, 0.717) is 24.7 Å². The van der Waals surface area contributed by atoms with Gasteiger partial charge in [0.2, 0.25) is 0 Å². The zero-order valence-electron chi connectivity index (χ0n) is 12.0. The van der Waals surface area contributed by atoms with E-state index in [1.807, 2.05) is 11.8 Å². The molecule has 0 aromatic heterocycles. The van der Waals surface area contributed by atoms with Gasteiger partial charge in [-0.3, -0.25) is 10.1 Å². The average Bonchev–Trinajstić information content (AvgIpc) is 2.78. The first kappa shape index (κ1) is 15.7. The summed E-state index contributed by atoms with van der Waals surface area (Å²) in [5.41, 5.74) is 5.95. The number of nitro groups is 1. The molecule has 1 aromatic rings. The normalized spacial score (nSPS) is 22.5. The van der Waals surface area contributed by atoms with Gasteiger partial charge >= 0.3 is 0 Å². The van der Waals surface area contributed by atoms with Gasteiger partial charge in [0.25, 0.3) is 5.69 Å². The van der Waals surface area contributed by atoms with E-state index in [-0.39, 0.29) is 16.6 Å². The van der Waals surface area contributed by atoms with Crippen molar-refractivity contribution >= 4 is 21.2 Å². The van der Waals surface area contributed by atoms with E-state index in [2.05, 4.69) is 0 Å². The first-order valence-corrected chi connectivity index (χ1v) is 8.58. The minimum absolute atomic E-state index is 0.0415. The molecule has 2 atom stereocenters. The van der Waals surface area contributed by atoms with Gasteiger partial charge in [0.05, 0.1) is 9.82 Å². The molecule has 8 heteroatoms. The highest BCUT2D eigenvalue weighted by Crippen LogP contribution is 2.36. The number of sulfone groups is 1. The molecule has 2 unspecified atom stereocenters. The zero-order chi connectivity index (χ0) is 15.8. The summed E-state index contributed by atoms with van der Waals surface area (Å²) in [7, 11) is -3.47. The standard InChI is InChI=1S/C13H19N3O4S/c1-9-5-10(7-14)8-15(9)12-4-3-11(21(2,19)20)6-13(12)16(17)18/h3-4,6,9-10H,5,7-8,14H2,1-2H3. The van der Waals surface area contributed by atoms with Crippen LogP contribution in [0.1, 0.15) is 13.3 Å². The molecule has 1 aliphatic heterocycles. The molecule has 1 heterocycles. The molecule has 21 heavy (non-hydrogen) atoms. The van der Waals surface area contributed by atoms with Gasteiger partial charge in [-0.05, 0) is 37.9 Å². The maximum Gasteiger partial charge on any atom is 0.293 e. The minimum atomic E-state index is -3.47. The van der Waals surface area contributed by atoms with Crippen molar-refractivity contribution in [3.8, 4) is 0 Å². The van der Waals surface area contributed by atoms with Gasteiger partial charge in [0.15, 0.2) is 9.84 Å². The van der Waals surface area contributed by atoms with E-state index in [1.54, 1.807) is 0 Å². The number of nitrogens with two attached hydrogens (primary N) is 1. The van der Waals surface area contributed by atoms with Crippen LogP contribution < -0.4 is 10.6 Å². The molecule has 7 nitrogen and oxygen atoms in total. The van der Waals surface area contributed by atoms with Crippen LogP contribution in [0.4, 0.5) is 11.4 Å². The van der Waals surface area contributed by atoms with E-state index in [0.717, 1.165) is 18.7 Å². The van der Waals surface area contributed by atoms with Crippen molar-refractivity contribution in [2.24, 2.45) is 11.7 Å². The molecule has 116 valence electrons. The predicted molar refractivity (Wildman–Crippen MR) is 80.2 cm³/mol. The van der Waals surface area contributed by atoms with Crippen molar-refractivity contribution in [2.75, 3.05) is 24.2 Å². The highest BCUT2D eigenvalue weighted by molar-refractivity contribution is 7.90. The Labute approximate surface area is 123 Å². The fraction of sp³-hybridized carbons (Fsp3) is 0.538. The number of anilines is 1. The lowest BCUT2D eigenvalue weighted by Crippen LogP contribution is -2.28. The minimum Gasteiger partial charge on any atom is -0.363 e. The van der Waals surface area contributed by atoms with Gasteiger partial charge in [-0.2, -0.15) is 0 Å². The van der Waals surface area contributed by atoms with E-state index in [9.17, 15) is 18.5 Å². The predicted octanol–water partition coefficient (Wildman–Crippen LogP) is 1.17. The molecular weight excluding hydrogens is 294 g/mol. The van der Waals surface area contributed by atoms with Gasteiger partial charge in [-0.1, -0.05) is 0 Å². The molecule has 2 rings (SSSR count).